The van der Waals surface area contributed by atoms with Crippen LogP contribution in [0.2, 0.25) is 0 Å². The Morgan fingerprint density at radius 3 is 1.18 bits per heavy atom. The number of benzene rings is 2. The molecule has 0 aromatic heterocycles. The first-order chi connectivity index (χ1) is 11.7. The van der Waals surface area contributed by atoms with Gasteiger partial charge in [-0.05, 0) is 34.6 Å². The quantitative estimate of drug-likeness (QED) is 0.246. The summed E-state index contributed by atoms with van der Waals surface area (Å²) in [7, 11) is -4.52. The summed E-state index contributed by atoms with van der Waals surface area (Å²) in [5, 5.41) is 13.9. The van der Waals surface area contributed by atoms with Crippen molar-refractivity contribution in [3.63, 3.8) is 0 Å². The van der Waals surface area contributed by atoms with Gasteiger partial charge in [-0.25, -0.2) is 0 Å². The van der Waals surface area contributed by atoms with E-state index in [2.05, 4.69) is 41.5 Å². The van der Waals surface area contributed by atoms with Crippen molar-refractivity contribution in [1.82, 2.24) is 0 Å². The van der Waals surface area contributed by atoms with Crippen LogP contribution in [0, 0.1) is 14.9 Å². The Kier molecular flexibility index (Phi) is 13.1. The molecule has 2 aromatic rings. The summed E-state index contributed by atoms with van der Waals surface area (Å²) in [5.41, 5.74) is 1.35. The van der Waals surface area contributed by atoms with Gasteiger partial charge in [0, 0.05) is 0 Å². The Morgan fingerprint density at radius 1 is 0.643 bits per heavy atom. The molecule has 2 nitrogen and oxygen atoms in total. The SMILES string of the molecule is CC(C)P(=NP(=[N-])(c1ccccc1)c1ccccc1)(C(C)C)C(C)C.[CH3-].[CH3-].[Ti+3]. The van der Waals surface area contributed by atoms with Gasteiger partial charge in [0.2, 0.25) is 0 Å². The smallest absolute Gasteiger partial charge is 0.782 e. The molecule has 0 unspecified atom stereocenters. The Bertz CT molecular complexity index is 713. The molecule has 0 aliphatic heterocycles. The van der Waals surface area contributed by atoms with Crippen molar-refractivity contribution >= 4 is 24.9 Å². The molecule has 0 aliphatic rings. The van der Waals surface area contributed by atoms with E-state index in [0.29, 0.717) is 17.0 Å². The number of hydrogen-bond donors (Lipinski definition) is 0. The van der Waals surface area contributed by atoms with Crippen molar-refractivity contribution in [3.05, 3.63) is 80.7 Å². The van der Waals surface area contributed by atoms with Crippen LogP contribution in [-0.4, -0.2) is 17.0 Å². The number of rotatable bonds is 6. The van der Waals surface area contributed by atoms with Gasteiger partial charge in [-0.3, -0.25) is 4.52 Å². The molecule has 0 bridgehead atoms. The summed E-state index contributed by atoms with van der Waals surface area (Å²) in [6.45, 7) is 13.7. The largest absolute Gasteiger partial charge is 3.00 e. The van der Waals surface area contributed by atoms with Crippen LogP contribution in [0.25, 0.3) is 5.16 Å². The molecule has 5 heteroatoms. The van der Waals surface area contributed by atoms with Crippen molar-refractivity contribution in [2.24, 2.45) is 4.52 Å². The Labute approximate surface area is 189 Å². The van der Waals surface area contributed by atoms with Gasteiger partial charge < -0.3 is 20.0 Å². The van der Waals surface area contributed by atoms with Gasteiger partial charge in [-0.2, -0.15) is 0 Å². The third-order valence-electron chi connectivity index (χ3n) is 5.00. The second kappa shape index (κ2) is 12.3. The first-order valence-corrected chi connectivity index (χ1v) is 12.8. The van der Waals surface area contributed by atoms with Crippen LogP contribution in [0.5, 0.6) is 0 Å². The van der Waals surface area contributed by atoms with Crippen LogP contribution in [0.15, 0.2) is 65.2 Å². The molecule has 0 aliphatic carbocycles. The maximum absolute atomic E-state index is 12.0. The summed E-state index contributed by atoms with van der Waals surface area (Å²) >= 11 is 0. The van der Waals surface area contributed by atoms with E-state index in [1.807, 2.05) is 60.7 Å². The van der Waals surface area contributed by atoms with E-state index in [9.17, 15) is 5.16 Å². The normalized spacial score (nSPS) is 11.5. The minimum Gasteiger partial charge on any atom is -0.782 e. The molecule has 0 heterocycles. The van der Waals surface area contributed by atoms with Gasteiger partial charge in [0.25, 0.3) is 0 Å². The van der Waals surface area contributed by atoms with Crippen molar-refractivity contribution in [1.29, 1.82) is 0 Å². The zero-order valence-electron chi connectivity index (χ0n) is 18.8. The van der Waals surface area contributed by atoms with Crippen molar-refractivity contribution in [2.45, 2.75) is 58.5 Å². The molecule has 153 valence electrons. The van der Waals surface area contributed by atoms with E-state index in [1.165, 1.54) is 0 Å². The molecule has 0 saturated heterocycles. The summed E-state index contributed by atoms with van der Waals surface area (Å²) < 4.78 is 5.46. The molecule has 28 heavy (non-hydrogen) atoms. The van der Waals surface area contributed by atoms with Gasteiger partial charge in [-0.1, -0.05) is 109 Å². The zero-order valence-corrected chi connectivity index (χ0v) is 22.1. The van der Waals surface area contributed by atoms with Gasteiger partial charge >= 0.3 is 21.7 Å². The van der Waals surface area contributed by atoms with Crippen LogP contribution in [0.3, 0.4) is 0 Å². The molecule has 0 N–H and O–H groups in total. The Morgan fingerprint density at radius 2 is 0.929 bits per heavy atom. The topological polar surface area (TPSA) is 34.7 Å². The molecule has 2 aromatic carbocycles. The molecule has 2 rings (SSSR count). The number of nitrogens with zero attached hydrogens (tertiary/aromatic N) is 2. The summed E-state index contributed by atoms with van der Waals surface area (Å²) in [5.74, 6) is 0. The minimum atomic E-state index is -2.78. The van der Waals surface area contributed by atoms with E-state index in [4.69, 9.17) is 4.52 Å². The molecular weight excluding hydrogens is 414 g/mol. The van der Waals surface area contributed by atoms with Crippen LogP contribution in [-0.2, 0) is 21.7 Å². The molecule has 0 spiro atoms. The van der Waals surface area contributed by atoms with Gasteiger partial charge in [0.1, 0.15) is 0 Å². The zero-order chi connectivity index (χ0) is 18.7. The van der Waals surface area contributed by atoms with Crippen molar-refractivity contribution in [3.8, 4) is 0 Å². The molecule has 1 radical (unpaired) electrons. The monoisotopic (exact) mass is 451 g/mol. The van der Waals surface area contributed by atoms with Crippen LogP contribution in [0.1, 0.15) is 41.5 Å². The van der Waals surface area contributed by atoms with Gasteiger partial charge in [-0.15, -0.1) is 0 Å². The van der Waals surface area contributed by atoms with E-state index in [-0.39, 0.29) is 36.6 Å². The minimum absolute atomic E-state index is 0. The average Bonchev–Trinajstić information content (AvgIpc) is 2.60. The van der Waals surface area contributed by atoms with Crippen LogP contribution >= 0.6 is 14.3 Å². The second-order valence-electron chi connectivity index (χ2n) is 7.44. The fourth-order valence-electron chi connectivity index (χ4n) is 3.85. The molecule has 0 saturated carbocycles. The third-order valence-corrected chi connectivity index (χ3v) is 14.3. The van der Waals surface area contributed by atoms with Gasteiger partial charge in [0.15, 0.2) is 0 Å². The molecular formula is C23H37N2P2Ti. The number of hydrogen-bond acceptors (Lipinski definition) is 0. The first kappa shape index (κ1) is 29.8. The second-order valence-corrected chi connectivity index (χ2v) is 15.1. The van der Waals surface area contributed by atoms with Gasteiger partial charge in [0.05, 0.1) is 0 Å². The standard InChI is InChI=1S/C21H31N2P2.2CH3.Ti/c1-17(2)24(18(3)4,19(5)6)23-25(22,20-13-9-7-10-14-20)21-15-11-8-12-16-21;;;/h7-19H,1-6H3;2*1H3;/q3*-1;+3. The molecule has 0 atom stereocenters. The van der Waals surface area contributed by atoms with E-state index in [1.54, 1.807) is 0 Å². The summed E-state index contributed by atoms with van der Waals surface area (Å²) in [6, 6.07) is 20.1. The third kappa shape index (κ3) is 5.83. The van der Waals surface area contributed by atoms with Crippen LogP contribution in [0.4, 0.5) is 0 Å². The van der Waals surface area contributed by atoms with E-state index < -0.39 is 14.3 Å². The Hall–Kier alpha value is -0.386. The maximum Gasteiger partial charge on any atom is 3.00 e. The maximum atomic E-state index is 12.0. The fourth-order valence-corrected chi connectivity index (χ4v) is 14.0. The van der Waals surface area contributed by atoms with E-state index in [0.717, 1.165) is 10.6 Å². The first-order valence-electron chi connectivity index (χ1n) is 9.11. The summed E-state index contributed by atoms with van der Waals surface area (Å²) in [6.07, 6.45) is 0. The van der Waals surface area contributed by atoms with E-state index >= 15 is 0 Å². The predicted octanol–water partition coefficient (Wildman–Crippen LogP) is 7.65. The van der Waals surface area contributed by atoms with Crippen LogP contribution < -0.4 is 10.6 Å². The predicted molar refractivity (Wildman–Crippen MR) is 130 cm³/mol. The Balaban J connectivity index is 0. The average molecular weight is 451 g/mol. The fraction of sp³-hybridized carbons (Fsp3) is 0.391. The van der Waals surface area contributed by atoms with Crippen molar-refractivity contribution in [2.75, 3.05) is 0 Å². The molecule has 0 fully saturated rings. The van der Waals surface area contributed by atoms with Crippen molar-refractivity contribution < 1.29 is 21.7 Å². The molecule has 0 amide bonds. The summed E-state index contributed by atoms with van der Waals surface area (Å²) in [4.78, 5) is 0.